The van der Waals surface area contributed by atoms with Crippen molar-refractivity contribution >= 4 is 44.9 Å². The molecule has 1 atom stereocenters. The molecule has 7 nitrogen and oxygen atoms in total. The van der Waals surface area contributed by atoms with Crippen LogP contribution in [0.3, 0.4) is 0 Å². The van der Waals surface area contributed by atoms with Crippen LogP contribution in [0, 0.1) is 0 Å². The van der Waals surface area contributed by atoms with Gasteiger partial charge in [0.15, 0.2) is 5.43 Å². The Kier molecular flexibility index (Phi) is 5.42. The highest BCUT2D eigenvalue weighted by atomic mass is 35.5. The van der Waals surface area contributed by atoms with E-state index < -0.39 is 11.9 Å². The third-order valence-corrected chi connectivity index (χ3v) is 6.67. The highest BCUT2D eigenvalue weighted by molar-refractivity contribution is 7.15. The molecule has 4 aromatic rings. The molecule has 0 saturated heterocycles. The van der Waals surface area contributed by atoms with Crippen LogP contribution >= 0.6 is 22.9 Å². The quantitative estimate of drug-likeness (QED) is 0.379. The monoisotopic (exact) mass is 481 g/mol. The lowest BCUT2D eigenvalue weighted by atomic mass is 9.98. The van der Waals surface area contributed by atoms with Crippen LogP contribution in [0.2, 0.25) is 5.02 Å². The Morgan fingerprint density at radius 1 is 1.15 bits per heavy atom. The molecule has 0 unspecified atom stereocenters. The molecule has 0 aliphatic carbocycles. The number of aryl methyl sites for hydroxylation is 1. The number of hydrogen-bond donors (Lipinski definition) is 0. The van der Waals surface area contributed by atoms with E-state index in [1.807, 2.05) is 45.0 Å². The highest BCUT2D eigenvalue weighted by Crippen LogP contribution is 2.42. The number of rotatable bonds is 5. The van der Waals surface area contributed by atoms with Gasteiger partial charge in [-0.15, -0.1) is 10.2 Å². The van der Waals surface area contributed by atoms with Crippen molar-refractivity contribution in [2.75, 3.05) is 4.90 Å². The lowest BCUT2D eigenvalue weighted by Crippen LogP contribution is -2.29. The van der Waals surface area contributed by atoms with E-state index in [-0.39, 0.29) is 22.9 Å². The van der Waals surface area contributed by atoms with E-state index in [1.165, 1.54) is 16.2 Å². The first-order chi connectivity index (χ1) is 15.9. The standard InChI is InChI=1S/C24H20ClN3O4S/c1-4-18-26-27-24(33-18)28-20(13-5-8-15(9-6-13)31-12(2)3)19-21(29)16-11-14(25)7-10-17(16)32-22(19)23(28)30/h5-12,20H,4H2,1-3H3/t20-/m1/s1. The van der Waals surface area contributed by atoms with Crippen LogP contribution < -0.4 is 15.1 Å². The number of benzene rings is 2. The van der Waals surface area contributed by atoms with Gasteiger partial charge in [-0.2, -0.15) is 0 Å². The summed E-state index contributed by atoms with van der Waals surface area (Å²) in [4.78, 5) is 28.6. The average Bonchev–Trinajstić information content (AvgIpc) is 3.37. The summed E-state index contributed by atoms with van der Waals surface area (Å²) in [7, 11) is 0. The van der Waals surface area contributed by atoms with E-state index in [0.717, 1.165) is 10.6 Å². The summed E-state index contributed by atoms with van der Waals surface area (Å²) in [6.45, 7) is 5.87. The summed E-state index contributed by atoms with van der Waals surface area (Å²) in [5, 5.41) is 10.4. The van der Waals surface area contributed by atoms with E-state index in [2.05, 4.69) is 10.2 Å². The van der Waals surface area contributed by atoms with Gasteiger partial charge in [-0.25, -0.2) is 0 Å². The molecule has 33 heavy (non-hydrogen) atoms. The molecule has 0 saturated carbocycles. The molecule has 1 amide bonds. The first-order valence-corrected chi connectivity index (χ1v) is 11.8. The topological polar surface area (TPSA) is 85.5 Å². The molecule has 0 N–H and O–H groups in total. The minimum atomic E-state index is -0.710. The molecule has 9 heteroatoms. The second-order valence-corrected chi connectivity index (χ2v) is 9.44. The van der Waals surface area contributed by atoms with Crippen LogP contribution in [-0.2, 0) is 6.42 Å². The summed E-state index contributed by atoms with van der Waals surface area (Å²) >= 11 is 7.46. The lowest BCUT2D eigenvalue weighted by Gasteiger charge is -2.22. The largest absolute Gasteiger partial charge is 0.491 e. The van der Waals surface area contributed by atoms with Crippen LogP contribution in [0.15, 0.2) is 51.7 Å². The summed E-state index contributed by atoms with van der Waals surface area (Å²) in [6, 6.07) is 11.4. The van der Waals surface area contributed by atoms with Crippen molar-refractivity contribution in [3.8, 4) is 5.75 Å². The van der Waals surface area contributed by atoms with Crippen LogP contribution in [0.1, 0.15) is 53.5 Å². The van der Waals surface area contributed by atoms with E-state index in [0.29, 0.717) is 33.3 Å². The zero-order valence-electron chi connectivity index (χ0n) is 18.2. The normalized spacial score (nSPS) is 15.5. The third-order valence-electron chi connectivity index (χ3n) is 5.36. The number of aromatic nitrogens is 2. The summed E-state index contributed by atoms with van der Waals surface area (Å²) in [6.07, 6.45) is 0.719. The molecule has 168 valence electrons. The molecule has 0 bridgehead atoms. The number of amides is 1. The Morgan fingerprint density at radius 3 is 2.58 bits per heavy atom. The molecule has 2 aromatic heterocycles. The van der Waals surface area contributed by atoms with Crippen molar-refractivity contribution in [1.82, 2.24) is 10.2 Å². The van der Waals surface area contributed by atoms with Gasteiger partial charge >= 0.3 is 0 Å². The van der Waals surface area contributed by atoms with E-state index in [4.69, 9.17) is 20.8 Å². The van der Waals surface area contributed by atoms with Crippen molar-refractivity contribution in [3.63, 3.8) is 0 Å². The maximum atomic E-state index is 13.6. The van der Waals surface area contributed by atoms with Crippen molar-refractivity contribution in [2.24, 2.45) is 0 Å². The molecule has 1 aliphatic heterocycles. The Labute approximate surface area is 198 Å². The number of fused-ring (bicyclic) bond motifs is 2. The molecule has 2 aromatic carbocycles. The van der Waals surface area contributed by atoms with E-state index >= 15 is 0 Å². The smallest absolute Gasteiger partial charge is 0.297 e. The number of anilines is 1. The summed E-state index contributed by atoms with van der Waals surface area (Å²) in [5.41, 5.74) is 1.02. The van der Waals surface area contributed by atoms with Crippen LogP contribution in [0.5, 0.6) is 5.75 Å². The van der Waals surface area contributed by atoms with Gasteiger partial charge in [0.05, 0.1) is 23.1 Å². The number of carbonyl (C=O) groups is 1. The Morgan fingerprint density at radius 2 is 1.91 bits per heavy atom. The second-order valence-electron chi connectivity index (χ2n) is 7.96. The number of carbonyl (C=O) groups excluding carboxylic acids is 1. The van der Waals surface area contributed by atoms with Crippen LogP contribution in [0.25, 0.3) is 11.0 Å². The lowest BCUT2D eigenvalue weighted by molar-refractivity contribution is 0.0970. The van der Waals surface area contributed by atoms with Crippen LogP contribution in [-0.4, -0.2) is 22.2 Å². The SMILES string of the molecule is CCc1nnc(N2C(=O)c3oc4ccc(Cl)cc4c(=O)c3[C@H]2c2ccc(OC(C)C)cc2)s1. The van der Waals surface area contributed by atoms with Crippen LogP contribution in [0.4, 0.5) is 5.13 Å². The minimum absolute atomic E-state index is 0.00979. The second kappa shape index (κ2) is 8.28. The van der Waals surface area contributed by atoms with Crippen molar-refractivity contribution < 1.29 is 13.9 Å². The van der Waals surface area contributed by atoms with Gasteiger partial charge in [0.2, 0.25) is 10.9 Å². The highest BCUT2D eigenvalue weighted by Gasteiger charge is 2.45. The number of nitrogens with zero attached hydrogens (tertiary/aromatic N) is 3. The van der Waals surface area contributed by atoms with Crippen molar-refractivity contribution in [3.05, 3.63) is 79.6 Å². The van der Waals surface area contributed by atoms with Gasteiger partial charge in [-0.1, -0.05) is 42.0 Å². The van der Waals surface area contributed by atoms with Crippen molar-refractivity contribution in [2.45, 2.75) is 39.3 Å². The predicted molar refractivity (Wildman–Crippen MR) is 128 cm³/mol. The molecule has 3 heterocycles. The molecule has 1 aliphatic rings. The number of halogens is 1. The Hall–Kier alpha value is -3.23. The summed E-state index contributed by atoms with van der Waals surface area (Å²) < 4.78 is 11.7. The van der Waals surface area contributed by atoms with Gasteiger partial charge in [0.1, 0.15) is 16.3 Å². The van der Waals surface area contributed by atoms with Gasteiger partial charge in [0.25, 0.3) is 5.91 Å². The zero-order chi connectivity index (χ0) is 23.3. The van der Waals surface area contributed by atoms with E-state index in [9.17, 15) is 9.59 Å². The molecular weight excluding hydrogens is 462 g/mol. The molecule has 0 radical (unpaired) electrons. The Bertz CT molecular complexity index is 1430. The Balaban J connectivity index is 1.72. The van der Waals surface area contributed by atoms with Gasteiger partial charge < -0.3 is 9.15 Å². The number of hydrogen-bond acceptors (Lipinski definition) is 7. The first kappa shape index (κ1) is 21.6. The fraction of sp³-hybridized carbons (Fsp3) is 0.250. The maximum absolute atomic E-state index is 13.6. The maximum Gasteiger partial charge on any atom is 0.297 e. The van der Waals surface area contributed by atoms with Crippen molar-refractivity contribution in [1.29, 1.82) is 0 Å². The molecule has 5 rings (SSSR count). The predicted octanol–water partition coefficient (Wildman–Crippen LogP) is 5.40. The fourth-order valence-electron chi connectivity index (χ4n) is 3.94. The molecule has 0 spiro atoms. The minimum Gasteiger partial charge on any atom is -0.491 e. The average molecular weight is 482 g/mol. The van der Waals surface area contributed by atoms with Gasteiger partial charge in [-0.3, -0.25) is 14.5 Å². The molecular formula is C24H20ClN3O4S. The van der Waals surface area contributed by atoms with Gasteiger partial charge in [-0.05, 0) is 56.2 Å². The summed E-state index contributed by atoms with van der Waals surface area (Å²) in [5.74, 6) is 0.284. The van der Waals surface area contributed by atoms with E-state index in [1.54, 1.807) is 18.2 Å². The molecule has 0 fully saturated rings. The number of ether oxygens (including phenoxy) is 1. The third kappa shape index (κ3) is 3.69. The van der Waals surface area contributed by atoms with Gasteiger partial charge in [0, 0.05) is 5.02 Å². The zero-order valence-corrected chi connectivity index (χ0v) is 19.7. The first-order valence-electron chi connectivity index (χ1n) is 10.6. The fourth-order valence-corrected chi connectivity index (χ4v) is 4.92.